The highest BCUT2D eigenvalue weighted by atomic mass is 32.1. The van der Waals surface area contributed by atoms with Gasteiger partial charge in [-0.2, -0.15) is 0 Å². The number of hydrogen-bond acceptors (Lipinski definition) is 3. The molecule has 0 unspecified atom stereocenters. The highest BCUT2D eigenvalue weighted by molar-refractivity contribution is 7.80. The van der Waals surface area contributed by atoms with Crippen LogP contribution in [0.1, 0.15) is 39.5 Å². The molecule has 4 nitrogen and oxygen atoms in total. The summed E-state index contributed by atoms with van der Waals surface area (Å²) in [4.78, 5) is 14.5. The Labute approximate surface area is 108 Å². The lowest BCUT2D eigenvalue weighted by atomic mass is 10.0. The van der Waals surface area contributed by atoms with E-state index >= 15 is 0 Å². The average molecular weight is 258 g/mol. The summed E-state index contributed by atoms with van der Waals surface area (Å²) in [6.45, 7) is 4.48. The number of nitrogens with two attached hydrogens (primary N) is 1. The zero-order valence-electron chi connectivity index (χ0n) is 10.9. The SMILES string of the molecule is COC(C)(C)CC(=O)N(CCC(N)=S)C1CC1. The van der Waals surface area contributed by atoms with Crippen molar-refractivity contribution in [3.05, 3.63) is 0 Å². The van der Waals surface area contributed by atoms with Crippen molar-refractivity contribution < 1.29 is 9.53 Å². The molecule has 1 aliphatic carbocycles. The highest BCUT2D eigenvalue weighted by Gasteiger charge is 2.34. The van der Waals surface area contributed by atoms with Crippen LogP contribution in [0.3, 0.4) is 0 Å². The van der Waals surface area contributed by atoms with Crippen LogP contribution in [0.25, 0.3) is 0 Å². The Morgan fingerprint density at radius 2 is 2.12 bits per heavy atom. The average Bonchev–Trinajstić information content (AvgIpc) is 3.01. The van der Waals surface area contributed by atoms with Crippen LogP contribution in [0.15, 0.2) is 0 Å². The second kappa shape index (κ2) is 5.78. The second-order valence-electron chi connectivity index (χ2n) is 5.18. The fourth-order valence-corrected chi connectivity index (χ4v) is 1.76. The molecular formula is C12H22N2O2S. The van der Waals surface area contributed by atoms with Gasteiger partial charge in [0.05, 0.1) is 17.0 Å². The monoisotopic (exact) mass is 258 g/mol. The summed E-state index contributed by atoms with van der Waals surface area (Å²) in [5.74, 6) is 0.135. The molecule has 0 spiro atoms. The molecule has 5 heteroatoms. The standard InChI is InChI=1S/C12H22N2O2S/c1-12(2,16-3)8-11(15)14(9-4-5-9)7-6-10(13)17/h9H,4-8H2,1-3H3,(H2,13,17). The van der Waals surface area contributed by atoms with Crippen LogP contribution < -0.4 is 5.73 Å². The summed E-state index contributed by atoms with van der Waals surface area (Å²) in [6, 6.07) is 0.393. The Balaban J connectivity index is 2.52. The largest absolute Gasteiger partial charge is 0.393 e. The Morgan fingerprint density at radius 3 is 2.53 bits per heavy atom. The number of carbonyl (C=O) groups excluding carboxylic acids is 1. The summed E-state index contributed by atoms with van der Waals surface area (Å²) in [5.41, 5.74) is 5.07. The van der Waals surface area contributed by atoms with Gasteiger partial charge in [-0.25, -0.2) is 0 Å². The van der Waals surface area contributed by atoms with Gasteiger partial charge in [0.15, 0.2) is 0 Å². The molecule has 0 radical (unpaired) electrons. The van der Waals surface area contributed by atoms with Crippen molar-refractivity contribution >= 4 is 23.1 Å². The van der Waals surface area contributed by atoms with E-state index < -0.39 is 5.60 Å². The Bertz CT molecular complexity index is 301. The van der Waals surface area contributed by atoms with Crippen LogP contribution in [-0.4, -0.2) is 41.1 Å². The maximum Gasteiger partial charge on any atom is 0.225 e. The van der Waals surface area contributed by atoms with Crippen molar-refractivity contribution in [1.29, 1.82) is 0 Å². The van der Waals surface area contributed by atoms with E-state index in [9.17, 15) is 4.79 Å². The first-order chi connectivity index (χ1) is 7.85. The first kappa shape index (κ1) is 14.4. The van der Waals surface area contributed by atoms with Crippen LogP contribution in [0, 0.1) is 0 Å². The van der Waals surface area contributed by atoms with Crippen LogP contribution in [0.4, 0.5) is 0 Å². The molecule has 0 saturated heterocycles. The number of methoxy groups -OCH3 is 1. The van der Waals surface area contributed by atoms with Crippen molar-refractivity contribution in [2.24, 2.45) is 5.73 Å². The van der Waals surface area contributed by atoms with Gasteiger partial charge in [-0.05, 0) is 26.7 Å². The number of thiocarbonyl (C=S) groups is 1. The van der Waals surface area contributed by atoms with Gasteiger partial charge in [0.2, 0.25) is 5.91 Å². The van der Waals surface area contributed by atoms with Gasteiger partial charge < -0.3 is 15.4 Å². The molecule has 98 valence electrons. The molecule has 1 amide bonds. The molecule has 1 saturated carbocycles. The lowest BCUT2D eigenvalue weighted by Gasteiger charge is -2.28. The third-order valence-electron chi connectivity index (χ3n) is 3.04. The van der Waals surface area contributed by atoms with Crippen molar-refractivity contribution in [3.8, 4) is 0 Å². The quantitative estimate of drug-likeness (QED) is 0.703. The van der Waals surface area contributed by atoms with E-state index in [4.69, 9.17) is 22.7 Å². The summed E-state index contributed by atoms with van der Waals surface area (Å²) >= 11 is 4.86. The van der Waals surface area contributed by atoms with Crippen molar-refractivity contribution in [2.45, 2.75) is 51.2 Å². The van der Waals surface area contributed by atoms with Gasteiger partial charge in [0, 0.05) is 26.1 Å². The van der Waals surface area contributed by atoms with Crippen LogP contribution in [0.5, 0.6) is 0 Å². The summed E-state index contributed by atoms with van der Waals surface area (Å²) in [7, 11) is 1.63. The van der Waals surface area contributed by atoms with Gasteiger partial charge in [-0.1, -0.05) is 12.2 Å². The third-order valence-corrected chi connectivity index (χ3v) is 3.24. The van der Waals surface area contributed by atoms with Crippen LogP contribution in [-0.2, 0) is 9.53 Å². The summed E-state index contributed by atoms with van der Waals surface area (Å²) in [6.07, 6.45) is 3.19. The second-order valence-corrected chi connectivity index (χ2v) is 5.70. The molecule has 0 heterocycles. The number of hydrogen-bond donors (Lipinski definition) is 1. The lowest BCUT2D eigenvalue weighted by Crippen LogP contribution is -2.40. The Kier molecular flexibility index (Phi) is 4.89. The lowest BCUT2D eigenvalue weighted by molar-refractivity contribution is -0.137. The number of amides is 1. The normalized spacial score (nSPS) is 15.7. The highest BCUT2D eigenvalue weighted by Crippen LogP contribution is 2.29. The van der Waals surface area contributed by atoms with Crippen LogP contribution >= 0.6 is 12.2 Å². The summed E-state index contributed by atoms with van der Waals surface area (Å²) < 4.78 is 5.29. The predicted molar refractivity (Wildman–Crippen MR) is 71.8 cm³/mol. The molecule has 0 atom stereocenters. The smallest absolute Gasteiger partial charge is 0.225 e. The minimum Gasteiger partial charge on any atom is -0.393 e. The first-order valence-corrected chi connectivity index (χ1v) is 6.39. The molecule has 17 heavy (non-hydrogen) atoms. The number of nitrogens with zero attached hydrogens (tertiary/aromatic N) is 1. The molecule has 1 rings (SSSR count). The fourth-order valence-electron chi connectivity index (χ4n) is 1.67. The van der Waals surface area contributed by atoms with Gasteiger partial charge in [-0.15, -0.1) is 0 Å². The van der Waals surface area contributed by atoms with Gasteiger partial charge in [0.1, 0.15) is 0 Å². The molecule has 1 fully saturated rings. The molecule has 0 aliphatic heterocycles. The van der Waals surface area contributed by atoms with E-state index in [1.807, 2.05) is 18.7 Å². The van der Waals surface area contributed by atoms with E-state index in [2.05, 4.69) is 0 Å². The minimum absolute atomic E-state index is 0.135. The number of carbonyl (C=O) groups is 1. The van der Waals surface area contributed by atoms with Crippen molar-refractivity contribution in [2.75, 3.05) is 13.7 Å². The van der Waals surface area contributed by atoms with Crippen molar-refractivity contribution in [3.63, 3.8) is 0 Å². The molecule has 1 aliphatic rings. The molecule has 0 aromatic rings. The van der Waals surface area contributed by atoms with Crippen molar-refractivity contribution in [1.82, 2.24) is 4.90 Å². The van der Waals surface area contributed by atoms with E-state index in [0.717, 1.165) is 12.8 Å². The van der Waals surface area contributed by atoms with E-state index in [0.29, 0.717) is 30.4 Å². The zero-order chi connectivity index (χ0) is 13.1. The molecule has 2 N–H and O–H groups in total. The van der Waals surface area contributed by atoms with Gasteiger partial charge >= 0.3 is 0 Å². The van der Waals surface area contributed by atoms with E-state index in [-0.39, 0.29) is 5.91 Å². The van der Waals surface area contributed by atoms with E-state index in [1.54, 1.807) is 7.11 Å². The third kappa shape index (κ3) is 5.00. The predicted octanol–water partition coefficient (Wildman–Crippen LogP) is 1.47. The zero-order valence-corrected chi connectivity index (χ0v) is 11.7. The Morgan fingerprint density at radius 1 is 1.53 bits per heavy atom. The minimum atomic E-state index is -0.409. The topological polar surface area (TPSA) is 55.6 Å². The maximum absolute atomic E-state index is 12.2. The van der Waals surface area contributed by atoms with Gasteiger partial charge in [-0.3, -0.25) is 4.79 Å². The molecule has 0 bridgehead atoms. The summed E-state index contributed by atoms with van der Waals surface area (Å²) in [5, 5.41) is 0. The van der Waals surface area contributed by atoms with Gasteiger partial charge in [0.25, 0.3) is 0 Å². The van der Waals surface area contributed by atoms with E-state index in [1.165, 1.54) is 0 Å². The number of ether oxygens (including phenoxy) is 1. The molecule has 0 aromatic heterocycles. The Hall–Kier alpha value is -0.680. The molecular weight excluding hydrogens is 236 g/mol. The number of rotatable bonds is 7. The van der Waals surface area contributed by atoms with Crippen LogP contribution in [0.2, 0.25) is 0 Å². The first-order valence-electron chi connectivity index (χ1n) is 5.98. The fraction of sp³-hybridized carbons (Fsp3) is 0.833. The maximum atomic E-state index is 12.2. The molecule has 0 aromatic carbocycles.